The number of nitrogens with zero attached hydrogens (tertiary/aromatic N) is 5. The van der Waals surface area contributed by atoms with Crippen molar-refractivity contribution >= 4 is 17.3 Å². The molecule has 0 spiro atoms. The van der Waals surface area contributed by atoms with Gasteiger partial charge in [0.25, 0.3) is 0 Å². The summed E-state index contributed by atoms with van der Waals surface area (Å²) in [5.41, 5.74) is 9.25. The number of nitrogens with two attached hydrogens (primary N) is 1. The Morgan fingerprint density at radius 1 is 1.24 bits per heavy atom. The Hall–Kier alpha value is -2.71. The Morgan fingerprint density at radius 2 is 2.17 bits per heavy atom. The van der Waals surface area contributed by atoms with Crippen molar-refractivity contribution in [1.29, 1.82) is 0 Å². The van der Waals surface area contributed by atoms with E-state index < -0.39 is 0 Å². The third-order valence-electron chi connectivity index (χ3n) is 5.44. The van der Waals surface area contributed by atoms with Crippen molar-refractivity contribution < 1.29 is 0 Å². The molecule has 1 fully saturated rings. The summed E-state index contributed by atoms with van der Waals surface area (Å²) < 4.78 is 1.85. The first-order valence-corrected chi connectivity index (χ1v) is 10.4. The molecule has 4 rings (SSSR count). The SMILES string of the molecule is Cc1cnn2c(NCc3cccnc3)cc(NCCCN3CCCCC3N)nc12. The van der Waals surface area contributed by atoms with Crippen molar-refractivity contribution in [1.82, 2.24) is 24.5 Å². The molecule has 8 nitrogen and oxygen atoms in total. The van der Waals surface area contributed by atoms with E-state index >= 15 is 0 Å². The highest BCUT2D eigenvalue weighted by Gasteiger charge is 2.17. The quantitative estimate of drug-likeness (QED) is 0.505. The molecule has 0 amide bonds. The van der Waals surface area contributed by atoms with E-state index in [0.717, 1.165) is 60.9 Å². The molecule has 29 heavy (non-hydrogen) atoms. The molecule has 1 unspecified atom stereocenters. The van der Waals surface area contributed by atoms with E-state index in [9.17, 15) is 0 Å². The van der Waals surface area contributed by atoms with Crippen LogP contribution in [0.25, 0.3) is 5.65 Å². The van der Waals surface area contributed by atoms with Gasteiger partial charge in [0.1, 0.15) is 11.6 Å². The summed E-state index contributed by atoms with van der Waals surface area (Å²) in [7, 11) is 0. The van der Waals surface area contributed by atoms with Crippen molar-refractivity contribution in [3.05, 3.63) is 47.9 Å². The van der Waals surface area contributed by atoms with Crippen molar-refractivity contribution in [3.8, 4) is 0 Å². The Balaban J connectivity index is 1.40. The summed E-state index contributed by atoms with van der Waals surface area (Å²) in [6, 6.07) is 6.01. The maximum Gasteiger partial charge on any atom is 0.162 e. The van der Waals surface area contributed by atoms with Gasteiger partial charge in [0.15, 0.2) is 5.65 Å². The lowest BCUT2D eigenvalue weighted by atomic mass is 10.1. The van der Waals surface area contributed by atoms with Crippen LogP contribution >= 0.6 is 0 Å². The molecule has 1 aliphatic heterocycles. The number of pyridine rings is 1. The molecule has 0 aliphatic carbocycles. The number of hydrogen-bond acceptors (Lipinski definition) is 7. The molecule has 0 aromatic carbocycles. The number of aromatic nitrogens is 4. The van der Waals surface area contributed by atoms with Crippen molar-refractivity contribution in [2.24, 2.45) is 5.73 Å². The summed E-state index contributed by atoms with van der Waals surface area (Å²) in [4.78, 5) is 11.3. The second-order valence-corrected chi connectivity index (χ2v) is 7.68. The van der Waals surface area contributed by atoms with Gasteiger partial charge < -0.3 is 16.4 Å². The van der Waals surface area contributed by atoms with Crippen LogP contribution in [-0.2, 0) is 6.54 Å². The van der Waals surface area contributed by atoms with Crippen LogP contribution in [0.3, 0.4) is 0 Å². The molecule has 154 valence electrons. The van der Waals surface area contributed by atoms with Crippen LogP contribution in [0.15, 0.2) is 36.8 Å². The zero-order valence-electron chi connectivity index (χ0n) is 17.0. The molecule has 0 radical (unpaired) electrons. The van der Waals surface area contributed by atoms with Crippen LogP contribution in [0.4, 0.5) is 11.6 Å². The lowest BCUT2D eigenvalue weighted by Crippen LogP contribution is -2.46. The van der Waals surface area contributed by atoms with Gasteiger partial charge in [0.05, 0.1) is 12.4 Å². The minimum atomic E-state index is 0.218. The summed E-state index contributed by atoms with van der Waals surface area (Å²) >= 11 is 0. The van der Waals surface area contributed by atoms with Crippen LogP contribution in [0, 0.1) is 6.92 Å². The molecule has 3 aromatic rings. The van der Waals surface area contributed by atoms with Crippen LogP contribution in [-0.4, -0.2) is 50.3 Å². The number of anilines is 2. The van der Waals surface area contributed by atoms with Crippen molar-refractivity contribution in [2.45, 2.75) is 45.3 Å². The predicted molar refractivity (Wildman–Crippen MR) is 116 cm³/mol. The third-order valence-corrected chi connectivity index (χ3v) is 5.44. The zero-order chi connectivity index (χ0) is 20.1. The van der Waals surface area contributed by atoms with Crippen LogP contribution in [0.2, 0.25) is 0 Å². The highest BCUT2D eigenvalue weighted by molar-refractivity contribution is 5.59. The van der Waals surface area contributed by atoms with Crippen LogP contribution < -0.4 is 16.4 Å². The summed E-state index contributed by atoms with van der Waals surface area (Å²) in [5.74, 6) is 1.77. The van der Waals surface area contributed by atoms with Gasteiger partial charge in [-0.05, 0) is 50.8 Å². The predicted octanol–water partition coefficient (Wildman–Crippen LogP) is 2.62. The van der Waals surface area contributed by atoms with E-state index in [-0.39, 0.29) is 6.17 Å². The average Bonchev–Trinajstić information content (AvgIpc) is 3.12. The molecule has 1 saturated heterocycles. The largest absolute Gasteiger partial charge is 0.370 e. The van der Waals surface area contributed by atoms with Gasteiger partial charge in [-0.2, -0.15) is 9.61 Å². The highest BCUT2D eigenvalue weighted by atomic mass is 15.3. The standard InChI is InChI=1S/C21H30N8/c1-16-13-26-29-20(25-15-17-6-4-8-23-14-17)12-19(27-21(16)29)24-9-5-11-28-10-3-2-7-18(28)22/h4,6,8,12-14,18,25H,2-3,5,7,9-11,15,22H2,1H3,(H,24,27). The van der Waals surface area contributed by atoms with Crippen LogP contribution in [0.1, 0.15) is 36.8 Å². The first-order valence-electron chi connectivity index (χ1n) is 10.4. The van der Waals surface area contributed by atoms with Gasteiger partial charge in [0.2, 0.25) is 0 Å². The molecule has 4 N–H and O–H groups in total. The lowest BCUT2D eigenvalue weighted by Gasteiger charge is -2.32. The Morgan fingerprint density at radius 3 is 3.00 bits per heavy atom. The highest BCUT2D eigenvalue weighted by Crippen LogP contribution is 2.19. The van der Waals surface area contributed by atoms with Gasteiger partial charge in [0, 0.05) is 43.7 Å². The topological polar surface area (TPSA) is 96.4 Å². The number of aryl methyl sites for hydroxylation is 1. The summed E-state index contributed by atoms with van der Waals surface area (Å²) in [6.45, 7) is 5.71. The second-order valence-electron chi connectivity index (χ2n) is 7.68. The van der Waals surface area contributed by atoms with Crippen LogP contribution in [0.5, 0.6) is 0 Å². The first kappa shape index (κ1) is 19.6. The number of rotatable bonds is 8. The maximum absolute atomic E-state index is 6.21. The van der Waals surface area contributed by atoms with E-state index in [2.05, 4.69) is 31.7 Å². The summed E-state index contributed by atoms with van der Waals surface area (Å²) in [5, 5.41) is 11.4. The first-order chi connectivity index (χ1) is 14.2. The van der Waals surface area contributed by atoms with E-state index in [1.807, 2.05) is 36.0 Å². The Bertz CT molecular complexity index is 923. The molecule has 1 aliphatic rings. The van der Waals surface area contributed by atoms with Gasteiger partial charge >= 0.3 is 0 Å². The lowest BCUT2D eigenvalue weighted by molar-refractivity contribution is 0.152. The number of likely N-dealkylation sites (tertiary alicyclic amines) is 1. The fourth-order valence-electron chi connectivity index (χ4n) is 3.78. The van der Waals surface area contributed by atoms with Gasteiger partial charge in [-0.25, -0.2) is 4.98 Å². The number of piperidine rings is 1. The summed E-state index contributed by atoms with van der Waals surface area (Å²) in [6.07, 6.45) is 10.4. The molecule has 4 heterocycles. The molecule has 0 saturated carbocycles. The molecular weight excluding hydrogens is 364 g/mol. The fourth-order valence-corrected chi connectivity index (χ4v) is 3.78. The van der Waals surface area contributed by atoms with E-state index in [1.54, 1.807) is 6.20 Å². The van der Waals surface area contributed by atoms with E-state index in [4.69, 9.17) is 10.7 Å². The average molecular weight is 395 g/mol. The molecule has 8 heteroatoms. The number of fused-ring (bicyclic) bond motifs is 1. The zero-order valence-corrected chi connectivity index (χ0v) is 17.0. The van der Waals surface area contributed by atoms with E-state index in [0.29, 0.717) is 6.54 Å². The van der Waals surface area contributed by atoms with E-state index in [1.165, 1.54) is 12.8 Å². The van der Waals surface area contributed by atoms with Gasteiger partial charge in [-0.1, -0.05) is 6.07 Å². The number of hydrogen-bond donors (Lipinski definition) is 3. The Labute approximate surface area is 171 Å². The van der Waals surface area contributed by atoms with Crippen molar-refractivity contribution in [2.75, 3.05) is 30.3 Å². The van der Waals surface area contributed by atoms with Gasteiger partial charge in [-0.3, -0.25) is 9.88 Å². The minimum absolute atomic E-state index is 0.218. The smallest absolute Gasteiger partial charge is 0.162 e. The molecule has 3 aromatic heterocycles. The van der Waals surface area contributed by atoms with Gasteiger partial charge in [-0.15, -0.1) is 0 Å². The number of nitrogens with one attached hydrogen (secondary N) is 2. The third kappa shape index (κ3) is 4.83. The Kier molecular flexibility index (Phi) is 6.21. The monoisotopic (exact) mass is 394 g/mol. The molecule has 1 atom stereocenters. The van der Waals surface area contributed by atoms with Crippen molar-refractivity contribution in [3.63, 3.8) is 0 Å². The second kappa shape index (κ2) is 9.19. The minimum Gasteiger partial charge on any atom is -0.370 e. The molecule has 0 bridgehead atoms. The maximum atomic E-state index is 6.21. The molecular formula is C21H30N8. The fraction of sp³-hybridized carbons (Fsp3) is 0.476. The normalized spacial score (nSPS) is 17.5.